The Morgan fingerprint density at radius 3 is 2.75 bits per heavy atom. The minimum Gasteiger partial charge on any atom is -0.496 e. The Morgan fingerprint density at radius 1 is 1.28 bits per heavy atom. The van der Waals surface area contributed by atoms with E-state index < -0.39 is 10.8 Å². The Kier molecular flexibility index (Phi) is 7.90. The van der Waals surface area contributed by atoms with Gasteiger partial charge in [0.05, 0.1) is 28.9 Å². The average Bonchev–Trinajstić information content (AvgIpc) is 3.19. The summed E-state index contributed by atoms with van der Waals surface area (Å²) in [5.41, 5.74) is -0.161. The number of amides is 1. The molecule has 12 heteroatoms. The van der Waals surface area contributed by atoms with E-state index >= 15 is 0 Å². The summed E-state index contributed by atoms with van der Waals surface area (Å²) in [6.45, 7) is 2.66. The van der Waals surface area contributed by atoms with Crippen molar-refractivity contribution in [3.05, 3.63) is 63.4 Å². The number of methoxy groups -OCH3 is 1. The van der Waals surface area contributed by atoms with Crippen LogP contribution in [0, 0.1) is 10.1 Å². The van der Waals surface area contributed by atoms with E-state index in [1.165, 1.54) is 37.1 Å². The number of thioether (sulfide) groups is 1. The molecule has 3 rings (SSSR count). The molecule has 10 nitrogen and oxygen atoms in total. The van der Waals surface area contributed by atoms with Crippen molar-refractivity contribution in [2.75, 3.05) is 18.2 Å². The molecule has 2 aromatic carbocycles. The number of hydrogen-bond acceptors (Lipinski definition) is 8. The molecule has 0 bridgehead atoms. The van der Waals surface area contributed by atoms with Crippen molar-refractivity contribution >= 4 is 40.6 Å². The maximum Gasteiger partial charge on any atom is 0.296 e. The number of aromatic nitrogens is 3. The number of nitro groups is 1. The Labute approximate surface area is 193 Å². The van der Waals surface area contributed by atoms with Crippen LogP contribution >= 0.6 is 23.4 Å². The van der Waals surface area contributed by atoms with E-state index in [4.69, 9.17) is 21.1 Å². The van der Waals surface area contributed by atoms with E-state index in [0.717, 1.165) is 0 Å². The SMILES string of the molecule is CCn1c(COc2ccccc2Cl)nnc1SCC(=O)Nc1ccc(OC)cc1[N+](=O)[O-]. The van der Waals surface area contributed by atoms with Gasteiger partial charge in [-0.05, 0) is 31.2 Å². The quantitative estimate of drug-likeness (QED) is 0.262. The van der Waals surface area contributed by atoms with Crippen molar-refractivity contribution in [2.24, 2.45) is 0 Å². The average molecular weight is 478 g/mol. The van der Waals surface area contributed by atoms with Gasteiger partial charge in [0, 0.05) is 6.54 Å². The number of benzene rings is 2. The molecule has 0 saturated heterocycles. The van der Waals surface area contributed by atoms with Crippen LogP contribution in [0.1, 0.15) is 12.7 Å². The summed E-state index contributed by atoms with van der Waals surface area (Å²) in [5.74, 6) is 1.03. The molecular weight excluding hydrogens is 458 g/mol. The molecule has 1 aromatic heterocycles. The van der Waals surface area contributed by atoms with E-state index in [1.54, 1.807) is 12.1 Å². The van der Waals surface area contributed by atoms with Gasteiger partial charge in [-0.3, -0.25) is 14.9 Å². The predicted octanol–water partition coefficient (Wildman–Crippen LogP) is 4.18. The number of anilines is 1. The standard InChI is InChI=1S/C20H20ClN5O5S/c1-3-25-18(11-31-17-7-5-4-6-14(17)21)23-24-20(25)32-12-19(27)22-15-9-8-13(30-2)10-16(15)26(28)29/h4-10H,3,11-12H2,1-2H3,(H,22,27). The minimum absolute atomic E-state index is 0.00725. The van der Waals surface area contributed by atoms with Crippen LogP contribution in [-0.2, 0) is 17.9 Å². The number of nitrogens with zero attached hydrogens (tertiary/aromatic N) is 4. The highest BCUT2D eigenvalue weighted by Gasteiger charge is 2.19. The molecule has 0 aliphatic rings. The number of nitrogens with one attached hydrogen (secondary N) is 1. The fraction of sp³-hybridized carbons (Fsp3) is 0.250. The van der Waals surface area contributed by atoms with Gasteiger partial charge >= 0.3 is 0 Å². The first kappa shape index (κ1) is 23.4. The molecule has 1 N–H and O–H groups in total. The van der Waals surface area contributed by atoms with Crippen molar-refractivity contribution in [2.45, 2.75) is 25.2 Å². The third-order valence-corrected chi connectivity index (χ3v) is 5.59. The monoisotopic (exact) mass is 477 g/mol. The molecule has 0 fully saturated rings. The smallest absolute Gasteiger partial charge is 0.296 e. The number of para-hydroxylation sites is 1. The highest BCUT2D eigenvalue weighted by molar-refractivity contribution is 7.99. The molecule has 0 unspecified atom stereocenters. The maximum atomic E-state index is 12.4. The molecule has 0 aliphatic carbocycles. The van der Waals surface area contributed by atoms with Crippen LogP contribution in [0.5, 0.6) is 11.5 Å². The van der Waals surface area contributed by atoms with Crippen LogP contribution < -0.4 is 14.8 Å². The highest BCUT2D eigenvalue weighted by atomic mass is 35.5. The molecule has 0 spiro atoms. The third kappa shape index (κ3) is 5.68. The fourth-order valence-electron chi connectivity index (χ4n) is 2.77. The van der Waals surface area contributed by atoms with Crippen molar-refractivity contribution in [3.63, 3.8) is 0 Å². The van der Waals surface area contributed by atoms with Crippen LogP contribution in [-0.4, -0.2) is 38.5 Å². The summed E-state index contributed by atoms with van der Waals surface area (Å²) >= 11 is 7.27. The van der Waals surface area contributed by atoms with Gasteiger partial charge in [0.25, 0.3) is 5.69 Å². The van der Waals surface area contributed by atoms with Crippen molar-refractivity contribution in [1.82, 2.24) is 14.8 Å². The second-order valence-corrected chi connectivity index (χ2v) is 7.69. The number of carbonyl (C=O) groups excluding carboxylic acids is 1. The first-order chi connectivity index (χ1) is 15.4. The molecule has 168 valence electrons. The highest BCUT2D eigenvalue weighted by Crippen LogP contribution is 2.29. The number of rotatable bonds is 10. The van der Waals surface area contributed by atoms with E-state index in [0.29, 0.717) is 34.0 Å². The number of halogens is 1. The van der Waals surface area contributed by atoms with Gasteiger partial charge in [0.15, 0.2) is 11.0 Å². The summed E-state index contributed by atoms with van der Waals surface area (Å²) < 4.78 is 12.5. The Morgan fingerprint density at radius 2 is 2.06 bits per heavy atom. The lowest BCUT2D eigenvalue weighted by molar-refractivity contribution is -0.384. The lowest BCUT2D eigenvalue weighted by Crippen LogP contribution is -2.16. The molecule has 3 aromatic rings. The minimum atomic E-state index is -0.579. The topological polar surface area (TPSA) is 121 Å². The summed E-state index contributed by atoms with van der Waals surface area (Å²) in [7, 11) is 1.41. The first-order valence-corrected chi connectivity index (χ1v) is 10.8. The third-order valence-electron chi connectivity index (χ3n) is 4.31. The lowest BCUT2D eigenvalue weighted by atomic mass is 10.2. The van der Waals surface area contributed by atoms with Gasteiger partial charge in [-0.1, -0.05) is 35.5 Å². The number of ether oxygens (including phenoxy) is 2. The summed E-state index contributed by atoms with van der Waals surface area (Å²) in [4.78, 5) is 23.1. The van der Waals surface area contributed by atoms with Crippen LogP contribution in [0.15, 0.2) is 47.6 Å². The Hall–Kier alpha value is -3.31. The first-order valence-electron chi connectivity index (χ1n) is 9.47. The zero-order chi connectivity index (χ0) is 23.1. The zero-order valence-corrected chi connectivity index (χ0v) is 18.9. The van der Waals surface area contributed by atoms with Crippen LogP contribution in [0.4, 0.5) is 11.4 Å². The molecule has 0 atom stereocenters. The van der Waals surface area contributed by atoms with Crippen LogP contribution in [0.3, 0.4) is 0 Å². The van der Waals surface area contributed by atoms with E-state index in [-0.39, 0.29) is 23.7 Å². The largest absolute Gasteiger partial charge is 0.496 e. The molecular formula is C20H20ClN5O5S. The van der Waals surface area contributed by atoms with E-state index in [1.807, 2.05) is 23.6 Å². The van der Waals surface area contributed by atoms with Crippen molar-refractivity contribution in [3.8, 4) is 11.5 Å². The second-order valence-electron chi connectivity index (χ2n) is 6.34. The van der Waals surface area contributed by atoms with Crippen molar-refractivity contribution in [1.29, 1.82) is 0 Å². The molecule has 0 aliphatic heterocycles. The normalized spacial score (nSPS) is 10.6. The maximum absolute atomic E-state index is 12.4. The molecule has 0 saturated carbocycles. The molecule has 1 amide bonds. The number of nitro benzene ring substituents is 1. The van der Waals surface area contributed by atoms with Gasteiger partial charge in [-0.25, -0.2) is 0 Å². The second kappa shape index (κ2) is 10.8. The van der Waals surface area contributed by atoms with Gasteiger partial charge < -0.3 is 19.4 Å². The summed E-state index contributed by atoms with van der Waals surface area (Å²) in [5, 5.41) is 23.1. The van der Waals surface area contributed by atoms with E-state index in [9.17, 15) is 14.9 Å². The number of hydrogen-bond donors (Lipinski definition) is 1. The zero-order valence-electron chi connectivity index (χ0n) is 17.3. The Balaban J connectivity index is 1.63. The Bertz CT molecular complexity index is 1120. The van der Waals surface area contributed by atoms with Crippen molar-refractivity contribution < 1.29 is 19.2 Å². The fourth-order valence-corrected chi connectivity index (χ4v) is 3.78. The van der Waals surface area contributed by atoms with Crippen LogP contribution in [0.2, 0.25) is 5.02 Å². The van der Waals surface area contributed by atoms with Crippen LogP contribution in [0.25, 0.3) is 0 Å². The van der Waals surface area contributed by atoms with E-state index in [2.05, 4.69) is 15.5 Å². The number of carbonyl (C=O) groups is 1. The molecule has 0 radical (unpaired) electrons. The molecule has 1 heterocycles. The van der Waals surface area contributed by atoms with Gasteiger partial charge in [0.1, 0.15) is 23.8 Å². The van der Waals surface area contributed by atoms with Gasteiger partial charge in [0.2, 0.25) is 5.91 Å². The molecule has 32 heavy (non-hydrogen) atoms. The summed E-state index contributed by atoms with van der Waals surface area (Å²) in [6.07, 6.45) is 0. The lowest BCUT2D eigenvalue weighted by Gasteiger charge is -2.10. The summed E-state index contributed by atoms with van der Waals surface area (Å²) in [6, 6.07) is 11.3. The predicted molar refractivity (Wildman–Crippen MR) is 120 cm³/mol. The van der Waals surface area contributed by atoms with Gasteiger partial charge in [-0.15, -0.1) is 10.2 Å². The van der Waals surface area contributed by atoms with Gasteiger partial charge in [-0.2, -0.15) is 0 Å².